The molecule has 1 aromatic heterocycles. The Morgan fingerprint density at radius 1 is 0.938 bits per heavy atom. The molecule has 1 amide bonds. The molecule has 4 rings (SSSR count). The molecule has 1 fully saturated rings. The van der Waals surface area contributed by atoms with Gasteiger partial charge in [-0.2, -0.15) is 0 Å². The summed E-state index contributed by atoms with van der Waals surface area (Å²) in [6, 6.07) is 18.3. The van der Waals surface area contributed by atoms with E-state index in [0.29, 0.717) is 35.9 Å². The van der Waals surface area contributed by atoms with Gasteiger partial charge in [0.25, 0.3) is 5.91 Å². The van der Waals surface area contributed by atoms with Crippen molar-refractivity contribution in [2.24, 2.45) is 0 Å². The summed E-state index contributed by atoms with van der Waals surface area (Å²) in [7, 11) is 0. The van der Waals surface area contributed by atoms with Crippen LogP contribution in [0.4, 0.5) is 0 Å². The molecule has 3 aromatic rings. The second kappa shape index (κ2) is 10.0. The number of furan rings is 1. The molecular weight excluding hydrogens is 428 g/mol. The van der Waals surface area contributed by atoms with Crippen molar-refractivity contribution in [3.63, 3.8) is 0 Å². The lowest BCUT2D eigenvalue weighted by Gasteiger charge is -2.34. The molecular formula is C25H25ClN2O4. The van der Waals surface area contributed by atoms with Crippen LogP contribution in [0.1, 0.15) is 39.2 Å². The molecule has 0 saturated carbocycles. The van der Waals surface area contributed by atoms with E-state index in [4.69, 9.17) is 20.8 Å². The van der Waals surface area contributed by atoms with E-state index in [1.54, 1.807) is 36.4 Å². The van der Waals surface area contributed by atoms with Crippen LogP contribution in [0, 0.1) is 0 Å². The van der Waals surface area contributed by atoms with E-state index in [1.807, 2.05) is 29.2 Å². The molecule has 1 saturated heterocycles. The van der Waals surface area contributed by atoms with Gasteiger partial charge in [-0.25, -0.2) is 0 Å². The lowest BCUT2D eigenvalue weighted by atomic mass is 10.1. The van der Waals surface area contributed by atoms with Crippen molar-refractivity contribution < 1.29 is 18.7 Å². The van der Waals surface area contributed by atoms with Crippen LogP contribution in [0.5, 0.6) is 5.75 Å². The molecule has 0 radical (unpaired) electrons. The number of ether oxygens (including phenoxy) is 1. The number of carbonyl (C=O) groups is 2. The van der Waals surface area contributed by atoms with Crippen molar-refractivity contribution in [2.45, 2.75) is 20.1 Å². The van der Waals surface area contributed by atoms with E-state index < -0.39 is 0 Å². The molecule has 2 aromatic carbocycles. The highest BCUT2D eigenvalue weighted by atomic mass is 35.5. The Morgan fingerprint density at radius 3 is 2.28 bits per heavy atom. The lowest BCUT2D eigenvalue weighted by molar-refractivity contribution is 0.0594. The first kappa shape index (κ1) is 22.1. The van der Waals surface area contributed by atoms with Gasteiger partial charge in [0.15, 0.2) is 11.5 Å². The van der Waals surface area contributed by atoms with E-state index >= 15 is 0 Å². The van der Waals surface area contributed by atoms with Crippen molar-refractivity contribution in [2.75, 3.05) is 26.2 Å². The highest BCUT2D eigenvalue weighted by Crippen LogP contribution is 2.18. The second-order valence-corrected chi connectivity index (χ2v) is 8.27. The Kier molecular flexibility index (Phi) is 6.93. The van der Waals surface area contributed by atoms with Crippen LogP contribution in [0.25, 0.3) is 0 Å². The molecule has 6 nitrogen and oxygen atoms in total. The number of hydrogen-bond donors (Lipinski definition) is 0. The van der Waals surface area contributed by atoms with Crippen molar-refractivity contribution >= 4 is 23.3 Å². The molecule has 7 heteroatoms. The fourth-order valence-electron chi connectivity index (χ4n) is 3.62. The van der Waals surface area contributed by atoms with Gasteiger partial charge in [-0.3, -0.25) is 14.5 Å². The fourth-order valence-corrected chi connectivity index (χ4v) is 3.75. The van der Waals surface area contributed by atoms with Crippen molar-refractivity contribution in [1.29, 1.82) is 0 Å². The first-order valence-corrected chi connectivity index (χ1v) is 10.9. The number of hydrogen-bond acceptors (Lipinski definition) is 5. The van der Waals surface area contributed by atoms with Crippen LogP contribution in [0.15, 0.2) is 65.1 Å². The number of amides is 1. The van der Waals surface area contributed by atoms with Gasteiger partial charge in [-0.1, -0.05) is 23.7 Å². The maximum Gasteiger partial charge on any atom is 0.289 e. The van der Waals surface area contributed by atoms with Crippen molar-refractivity contribution in [3.8, 4) is 5.75 Å². The molecule has 2 heterocycles. The standard InChI is InChI=1S/C25H25ClN2O4/c1-18(29)20-4-8-22(9-5-20)31-17-23-10-11-24(32-23)25(30)28-14-12-27(13-15-28)16-19-2-6-21(26)7-3-19/h2-11H,12-17H2,1H3. The maximum atomic E-state index is 12.8. The van der Waals surface area contributed by atoms with Crippen LogP contribution >= 0.6 is 11.6 Å². The van der Waals surface area contributed by atoms with Crippen LogP contribution in [0.3, 0.4) is 0 Å². The predicted molar refractivity (Wildman–Crippen MR) is 122 cm³/mol. The minimum atomic E-state index is -0.104. The number of ketones is 1. The van der Waals surface area contributed by atoms with Gasteiger partial charge in [-0.15, -0.1) is 0 Å². The lowest BCUT2D eigenvalue weighted by Crippen LogP contribution is -2.48. The number of benzene rings is 2. The largest absolute Gasteiger partial charge is 0.486 e. The normalized spacial score (nSPS) is 14.4. The summed E-state index contributed by atoms with van der Waals surface area (Å²) in [6.07, 6.45) is 0. The number of rotatable bonds is 7. The Bertz CT molecular complexity index is 1070. The van der Waals surface area contributed by atoms with Gasteiger partial charge in [0, 0.05) is 43.3 Å². The highest BCUT2D eigenvalue weighted by Gasteiger charge is 2.24. The summed E-state index contributed by atoms with van der Waals surface area (Å²) in [5.74, 6) is 1.44. The molecule has 1 aliphatic heterocycles. The van der Waals surface area contributed by atoms with Gasteiger partial charge >= 0.3 is 0 Å². The first-order chi connectivity index (χ1) is 15.5. The van der Waals surface area contributed by atoms with E-state index in [0.717, 1.165) is 24.7 Å². The number of piperazine rings is 1. The van der Waals surface area contributed by atoms with Gasteiger partial charge in [0.2, 0.25) is 0 Å². The Morgan fingerprint density at radius 2 is 1.62 bits per heavy atom. The van der Waals surface area contributed by atoms with Crippen LogP contribution in [-0.2, 0) is 13.2 Å². The molecule has 0 unspecified atom stereocenters. The highest BCUT2D eigenvalue weighted by molar-refractivity contribution is 6.30. The molecule has 0 spiro atoms. The Balaban J connectivity index is 1.26. The third-order valence-electron chi connectivity index (χ3n) is 5.49. The number of nitrogens with zero attached hydrogens (tertiary/aromatic N) is 2. The number of carbonyl (C=O) groups excluding carboxylic acids is 2. The summed E-state index contributed by atoms with van der Waals surface area (Å²) in [5, 5.41) is 0.735. The zero-order valence-electron chi connectivity index (χ0n) is 17.9. The van der Waals surface area contributed by atoms with E-state index in [1.165, 1.54) is 12.5 Å². The van der Waals surface area contributed by atoms with Gasteiger partial charge in [0.05, 0.1) is 0 Å². The zero-order chi connectivity index (χ0) is 22.5. The zero-order valence-corrected chi connectivity index (χ0v) is 18.7. The van der Waals surface area contributed by atoms with E-state index in [9.17, 15) is 9.59 Å². The minimum Gasteiger partial charge on any atom is -0.486 e. The minimum absolute atomic E-state index is 0.0107. The molecule has 166 valence electrons. The van der Waals surface area contributed by atoms with Crippen molar-refractivity contribution in [1.82, 2.24) is 9.80 Å². The van der Waals surface area contributed by atoms with Gasteiger partial charge in [0.1, 0.15) is 18.1 Å². The summed E-state index contributed by atoms with van der Waals surface area (Å²) >= 11 is 5.95. The first-order valence-electron chi connectivity index (χ1n) is 10.6. The quantitative estimate of drug-likeness (QED) is 0.487. The molecule has 1 aliphatic rings. The summed E-state index contributed by atoms with van der Waals surface area (Å²) in [6.45, 7) is 5.50. The van der Waals surface area contributed by atoms with Gasteiger partial charge < -0.3 is 14.1 Å². The summed E-state index contributed by atoms with van der Waals surface area (Å²) in [5.41, 5.74) is 1.84. The smallest absolute Gasteiger partial charge is 0.289 e. The third kappa shape index (κ3) is 5.58. The molecule has 32 heavy (non-hydrogen) atoms. The number of halogens is 1. The Hall–Kier alpha value is -3.09. The maximum absolute atomic E-state index is 12.8. The third-order valence-corrected chi connectivity index (χ3v) is 5.75. The summed E-state index contributed by atoms with van der Waals surface area (Å²) in [4.78, 5) is 28.3. The van der Waals surface area contributed by atoms with Crippen LogP contribution in [0.2, 0.25) is 5.02 Å². The fraction of sp³-hybridized carbons (Fsp3) is 0.280. The van der Waals surface area contributed by atoms with Gasteiger partial charge in [-0.05, 0) is 61.0 Å². The number of Topliss-reactive ketones (excluding diaryl/α,β-unsaturated/α-hetero) is 1. The average Bonchev–Trinajstić information content (AvgIpc) is 3.29. The van der Waals surface area contributed by atoms with Crippen molar-refractivity contribution in [3.05, 3.63) is 88.3 Å². The van der Waals surface area contributed by atoms with Crippen LogP contribution < -0.4 is 4.74 Å². The monoisotopic (exact) mass is 452 g/mol. The Labute approximate surface area is 192 Å². The molecule has 0 N–H and O–H groups in total. The van der Waals surface area contributed by atoms with E-state index in [2.05, 4.69) is 4.90 Å². The molecule has 0 bridgehead atoms. The molecule has 0 atom stereocenters. The van der Waals surface area contributed by atoms with E-state index in [-0.39, 0.29) is 18.3 Å². The second-order valence-electron chi connectivity index (χ2n) is 7.83. The SMILES string of the molecule is CC(=O)c1ccc(OCc2ccc(C(=O)N3CCN(Cc4ccc(Cl)cc4)CC3)o2)cc1. The topological polar surface area (TPSA) is 63.0 Å². The van der Waals surface area contributed by atoms with Crippen LogP contribution in [-0.4, -0.2) is 47.7 Å². The summed E-state index contributed by atoms with van der Waals surface area (Å²) < 4.78 is 11.4. The molecule has 0 aliphatic carbocycles. The predicted octanol–water partition coefficient (Wildman–Crippen LogP) is 4.67. The average molecular weight is 453 g/mol.